The van der Waals surface area contributed by atoms with E-state index in [0.717, 1.165) is 29.7 Å². The number of aryl methyl sites for hydroxylation is 2. The quantitative estimate of drug-likeness (QED) is 0.106. The molecule has 2 saturated heterocycles. The highest BCUT2D eigenvalue weighted by atomic mass is 127. The number of ether oxygens (including phenoxy) is 1. The molecular weight excluding hydrogens is 919 g/mol. The molecule has 1 saturated carbocycles. The molecule has 6 atom stereocenters. The number of hydrogen-bond acceptors (Lipinski definition) is 8. The second kappa shape index (κ2) is 13.0. The first-order valence-electron chi connectivity index (χ1n) is 17.8. The van der Waals surface area contributed by atoms with E-state index in [0.29, 0.717) is 38.7 Å². The third-order valence-electron chi connectivity index (χ3n) is 12.2. The maximum atomic E-state index is 15.2. The Bertz CT molecular complexity index is 2570. The number of carbonyl (C=O) groups is 4. The van der Waals surface area contributed by atoms with Crippen LogP contribution in [0.4, 0.5) is 11.5 Å². The number of allylic oxidation sites excluding steroid dienone is 2. The number of carbonyl (C=O) groups excluding carboxylic acids is 4. The lowest BCUT2D eigenvalue weighted by Gasteiger charge is -2.49. The molecule has 5 aromatic rings. The summed E-state index contributed by atoms with van der Waals surface area (Å²) in [6, 6.07) is 18.2. The highest BCUT2D eigenvalue weighted by molar-refractivity contribution is 14.1. The molecule has 3 fully saturated rings. The van der Waals surface area contributed by atoms with E-state index < -0.39 is 35.0 Å². The number of benzene rings is 3. The number of aromatic hydroxyl groups is 1. The minimum Gasteiger partial charge on any atom is -0.503 e. The van der Waals surface area contributed by atoms with E-state index in [9.17, 15) is 19.5 Å². The second-order valence-electron chi connectivity index (χ2n) is 14.9. The highest BCUT2D eigenvalue weighted by Gasteiger charge is 2.68. The Morgan fingerprint density at radius 2 is 1.75 bits per heavy atom. The monoisotopic (exact) mass is 950 g/mol. The van der Waals surface area contributed by atoms with Crippen molar-refractivity contribution in [2.45, 2.75) is 32.6 Å². The molecule has 4 amide bonds. The number of fused-ring (bicyclic) bond motifs is 5. The molecule has 9 rings (SSSR count). The lowest BCUT2D eigenvalue weighted by Crippen LogP contribution is -2.49. The van der Waals surface area contributed by atoms with E-state index in [1.807, 2.05) is 50.3 Å². The van der Waals surface area contributed by atoms with E-state index in [-0.39, 0.29) is 41.5 Å². The molecule has 1 N–H and O–H groups in total. The number of aromatic nitrogens is 2. The normalized spacial score (nSPS) is 26.1. The van der Waals surface area contributed by atoms with E-state index >= 15 is 4.79 Å². The molecule has 2 aliphatic carbocycles. The van der Waals surface area contributed by atoms with Crippen LogP contribution in [-0.2, 0) is 26.2 Å². The Kier molecular flexibility index (Phi) is 8.65. The van der Waals surface area contributed by atoms with Crippen LogP contribution in [0.5, 0.6) is 11.5 Å². The predicted molar refractivity (Wildman–Crippen MR) is 222 cm³/mol. The number of thiophene rings is 1. The van der Waals surface area contributed by atoms with Crippen molar-refractivity contribution < 1.29 is 29.0 Å². The molecule has 2 aliphatic heterocycles. The molecule has 0 radical (unpaired) electrons. The van der Waals surface area contributed by atoms with Crippen molar-refractivity contribution in [2.75, 3.05) is 16.9 Å². The minimum absolute atomic E-state index is 0.0978. The van der Waals surface area contributed by atoms with Crippen molar-refractivity contribution in [3.63, 3.8) is 0 Å². The zero-order valence-electron chi connectivity index (χ0n) is 30.0. The van der Waals surface area contributed by atoms with Gasteiger partial charge in [-0.2, -0.15) is 5.10 Å². The van der Waals surface area contributed by atoms with Gasteiger partial charge in [-0.1, -0.05) is 23.3 Å². The number of halogens is 3. The first-order valence-corrected chi connectivity index (χ1v) is 20.8. The molecule has 3 aromatic carbocycles. The summed E-state index contributed by atoms with van der Waals surface area (Å²) in [4.78, 5) is 62.1. The van der Waals surface area contributed by atoms with Crippen LogP contribution in [0, 0.1) is 39.6 Å². The van der Waals surface area contributed by atoms with Gasteiger partial charge in [0, 0.05) is 32.3 Å². The fraction of sp³-hybridized carbons (Fsp3) is 0.293. The fourth-order valence-electron chi connectivity index (χ4n) is 9.59. The Hall–Kier alpha value is -4.05. The molecule has 280 valence electrons. The Balaban J connectivity index is 1.17. The smallest absolute Gasteiger partial charge is 0.242 e. The summed E-state index contributed by atoms with van der Waals surface area (Å²) in [5, 5.41) is 17.3. The van der Waals surface area contributed by atoms with Crippen molar-refractivity contribution in [1.29, 1.82) is 0 Å². The third-order valence-corrected chi connectivity index (χ3v) is 15.0. The maximum Gasteiger partial charge on any atom is 0.242 e. The summed E-state index contributed by atoms with van der Waals surface area (Å²) in [5.74, 6) is -4.26. The van der Waals surface area contributed by atoms with Gasteiger partial charge in [0.15, 0.2) is 11.5 Å². The van der Waals surface area contributed by atoms with Crippen molar-refractivity contribution in [3.05, 3.63) is 96.5 Å². The first-order chi connectivity index (χ1) is 26.2. The number of amides is 4. The van der Waals surface area contributed by atoms with Gasteiger partial charge in [-0.15, -0.1) is 11.3 Å². The summed E-state index contributed by atoms with van der Waals surface area (Å²) in [5.41, 5.74) is 2.31. The number of phenolic OH excluding ortho intramolecular Hbond substituents is 1. The highest BCUT2D eigenvalue weighted by Crippen LogP contribution is 2.64. The van der Waals surface area contributed by atoms with Gasteiger partial charge < -0.3 is 9.84 Å². The molecule has 0 bridgehead atoms. The minimum atomic E-state index is -1.30. The third kappa shape index (κ3) is 5.25. The summed E-state index contributed by atoms with van der Waals surface area (Å²) < 4.78 is 9.51. The maximum absolute atomic E-state index is 15.2. The average Bonchev–Trinajstić information content (AvgIpc) is 3.83. The summed E-state index contributed by atoms with van der Waals surface area (Å²) in [7, 11) is 3.17. The van der Waals surface area contributed by atoms with Gasteiger partial charge in [0.05, 0.1) is 45.3 Å². The molecule has 6 unspecified atom stereocenters. The van der Waals surface area contributed by atoms with Crippen LogP contribution < -0.4 is 14.5 Å². The molecule has 55 heavy (non-hydrogen) atoms. The summed E-state index contributed by atoms with van der Waals surface area (Å²) in [6.07, 6.45) is 2.52. The predicted octanol–water partition coefficient (Wildman–Crippen LogP) is 8.78. The first kappa shape index (κ1) is 36.6. The number of methoxy groups -OCH3 is 1. The molecular formula is C41H33BrClIN4O6S. The lowest BCUT2D eigenvalue weighted by atomic mass is 9.51. The zero-order chi connectivity index (χ0) is 38.8. The van der Waals surface area contributed by atoms with Crippen LogP contribution in [0.3, 0.4) is 0 Å². The number of rotatable bonds is 5. The van der Waals surface area contributed by atoms with Crippen LogP contribution >= 0.6 is 61.5 Å². The molecule has 0 spiro atoms. The van der Waals surface area contributed by atoms with Crippen molar-refractivity contribution >= 4 is 107 Å². The molecule has 10 nitrogen and oxygen atoms in total. The van der Waals surface area contributed by atoms with Crippen LogP contribution in [-0.4, -0.2) is 45.6 Å². The van der Waals surface area contributed by atoms with Gasteiger partial charge in [-0.05, 0) is 142 Å². The van der Waals surface area contributed by atoms with E-state index in [2.05, 4.69) is 38.5 Å². The van der Waals surface area contributed by atoms with Gasteiger partial charge in [0.25, 0.3) is 0 Å². The van der Waals surface area contributed by atoms with E-state index in [4.69, 9.17) is 21.4 Å². The Labute approximate surface area is 347 Å². The summed E-state index contributed by atoms with van der Waals surface area (Å²) in [6.45, 7) is 3.84. The number of nitrogens with zero attached hydrogens (tertiary/aromatic N) is 4. The van der Waals surface area contributed by atoms with Gasteiger partial charge in [0.1, 0.15) is 11.5 Å². The van der Waals surface area contributed by atoms with Crippen molar-refractivity contribution in [2.24, 2.45) is 36.1 Å². The van der Waals surface area contributed by atoms with E-state index in [1.165, 1.54) is 16.9 Å². The largest absolute Gasteiger partial charge is 0.503 e. The van der Waals surface area contributed by atoms with Crippen molar-refractivity contribution in [3.8, 4) is 22.1 Å². The number of imide groups is 2. The Morgan fingerprint density at radius 3 is 2.47 bits per heavy atom. The summed E-state index contributed by atoms with van der Waals surface area (Å²) >= 11 is 13.6. The number of hydrogen-bond donors (Lipinski definition) is 1. The van der Waals surface area contributed by atoms with Crippen LogP contribution in [0.1, 0.15) is 36.8 Å². The van der Waals surface area contributed by atoms with Gasteiger partial charge >= 0.3 is 0 Å². The molecule has 4 aliphatic rings. The topological polar surface area (TPSA) is 122 Å². The second-order valence-corrected chi connectivity index (χ2v) is 18.5. The van der Waals surface area contributed by atoms with Gasteiger partial charge in [0.2, 0.25) is 23.6 Å². The SMILES string of the molecule is COc1cc(C2C3=CCC4C(=O)N(c5ccc(I)cc5)C(=O)C4C3CC3C(=O)N(c4cc(-c5sc6ccc(Cl)cc6c5C)nn4C)C(=O)C32C)cc(Br)c1O. The van der Waals surface area contributed by atoms with Crippen LogP contribution in [0.25, 0.3) is 20.7 Å². The standard InChI is InChI=1S/C41H33BrClIN4O6S/c1-18-25-15-20(43)5-12-31(25)55-36(18)29-17-32(46(3)45-29)48-38(51)27-16-26-23(34(41(27,2)40(48)53)19-13-28(42)35(49)30(14-19)54-4)10-11-24-33(26)39(52)47(37(24)50)22-8-6-21(44)7-9-22/h5-10,12-15,17,24,26-27,33-34,49H,11,16H2,1-4H3. The molecule has 2 aromatic heterocycles. The number of anilines is 2. The molecule has 4 heterocycles. The average molecular weight is 952 g/mol. The zero-order valence-corrected chi connectivity index (χ0v) is 35.3. The Morgan fingerprint density at radius 1 is 1.00 bits per heavy atom. The van der Waals surface area contributed by atoms with Crippen LogP contribution in [0.15, 0.2) is 76.8 Å². The molecule has 14 heteroatoms. The lowest BCUT2D eigenvalue weighted by molar-refractivity contribution is -0.131. The van der Waals surface area contributed by atoms with Gasteiger partial charge in [-0.3, -0.25) is 28.8 Å². The van der Waals surface area contributed by atoms with E-state index in [1.54, 1.807) is 53.4 Å². The van der Waals surface area contributed by atoms with Crippen LogP contribution in [0.2, 0.25) is 5.02 Å². The fourth-order valence-corrected chi connectivity index (χ4v) is 11.7. The number of phenols is 1. The van der Waals surface area contributed by atoms with Crippen molar-refractivity contribution in [1.82, 2.24) is 9.78 Å². The van der Waals surface area contributed by atoms with Gasteiger partial charge in [-0.25, -0.2) is 4.90 Å².